The van der Waals surface area contributed by atoms with Gasteiger partial charge in [0.15, 0.2) is 3.41 Å². The van der Waals surface area contributed by atoms with Gasteiger partial charge in [0, 0.05) is 20.1 Å². The lowest BCUT2D eigenvalue weighted by Gasteiger charge is -2.60. The van der Waals surface area contributed by atoms with E-state index in [1.807, 2.05) is 48.5 Å². The van der Waals surface area contributed by atoms with Gasteiger partial charge in [0.05, 0.1) is 38.6 Å². The van der Waals surface area contributed by atoms with Crippen molar-refractivity contribution in [2.24, 2.45) is 0 Å². The number of hydrogen-bond acceptors (Lipinski definition) is 12. The van der Waals surface area contributed by atoms with Crippen LogP contribution in [-0.2, 0) is 28.4 Å². The standard InChI is InChI=1S/C42H85FO6S6/c1-12-21-26-28-33-49-41(48-32-27-22-13-2,42(50-11,55-43)51-20-9)40(46-30-17-6,47-31-24-15-4)38(44-10,45-19-8)37-39(52-34-18-7,53-35-25-16-5)54-36-29-23-14-3/h12-37H2,1-11H3. The highest BCUT2D eigenvalue weighted by Crippen LogP contribution is 2.65. The zero-order valence-corrected chi connectivity index (χ0v) is 42.1. The number of halogens is 1. The molecule has 0 saturated carbocycles. The minimum atomic E-state index is -1.83. The molecule has 0 aromatic carbocycles. The Hall–Kier alpha value is 1.79. The lowest BCUT2D eigenvalue weighted by molar-refractivity contribution is -0.493. The van der Waals surface area contributed by atoms with Gasteiger partial charge in [0.2, 0.25) is 5.79 Å². The fourth-order valence-corrected chi connectivity index (χ4v) is 14.9. The van der Waals surface area contributed by atoms with Crippen molar-refractivity contribution in [3.63, 3.8) is 0 Å². The van der Waals surface area contributed by atoms with Crippen LogP contribution in [0.25, 0.3) is 0 Å². The highest BCUT2D eigenvalue weighted by atomic mass is 32.3. The van der Waals surface area contributed by atoms with Gasteiger partial charge in [0.1, 0.15) is 3.41 Å². The van der Waals surface area contributed by atoms with E-state index in [-0.39, 0.29) is 15.6 Å². The maximum atomic E-state index is 16.6. The maximum absolute atomic E-state index is 16.6. The fourth-order valence-electron chi connectivity index (χ4n) is 6.35. The van der Waals surface area contributed by atoms with Gasteiger partial charge in [-0.25, -0.2) is 0 Å². The van der Waals surface area contributed by atoms with Crippen LogP contribution >= 0.6 is 71.0 Å². The van der Waals surface area contributed by atoms with Crippen LogP contribution in [-0.4, -0.2) is 93.6 Å². The first kappa shape index (κ1) is 56.8. The molecule has 0 rings (SSSR count). The number of methoxy groups -OCH3 is 1. The fraction of sp³-hybridized carbons (Fsp3) is 1.00. The van der Waals surface area contributed by atoms with E-state index in [4.69, 9.17) is 28.4 Å². The lowest BCUT2D eigenvalue weighted by atomic mass is 9.91. The topological polar surface area (TPSA) is 55.4 Å². The Morgan fingerprint density at radius 1 is 0.473 bits per heavy atom. The van der Waals surface area contributed by atoms with Crippen molar-refractivity contribution in [3.8, 4) is 0 Å². The summed E-state index contributed by atoms with van der Waals surface area (Å²) in [5.41, 5.74) is 0. The highest BCUT2D eigenvalue weighted by Gasteiger charge is 2.79. The zero-order valence-electron chi connectivity index (χ0n) is 37.2. The zero-order chi connectivity index (χ0) is 41.4. The maximum Gasteiger partial charge on any atom is 0.283 e. The Kier molecular flexibility index (Phi) is 35.5. The molecule has 0 amide bonds. The highest BCUT2D eigenvalue weighted by molar-refractivity contribution is 8.33. The van der Waals surface area contributed by atoms with Gasteiger partial charge in [-0.05, 0) is 81.1 Å². The summed E-state index contributed by atoms with van der Waals surface area (Å²) in [6.45, 7) is 21.2. The normalized spacial score (nSPS) is 17.7. The number of thioether (sulfide) groups is 5. The average Bonchev–Trinajstić information content (AvgIpc) is 3.20. The van der Waals surface area contributed by atoms with Crippen LogP contribution in [0.3, 0.4) is 0 Å². The summed E-state index contributed by atoms with van der Waals surface area (Å²) in [6.07, 6.45) is 18.3. The molecule has 0 heterocycles. The SMILES string of the molecule is CCCCCCOC(OCCCCC)(C(SC)(SF)SCC)C(OCCC)(OCCCC)C(CC(SCCC)(SCCCC)SCCCCC)(OC)OCC. The van der Waals surface area contributed by atoms with E-state index < -0.39 is 20.8 Å². The molecule has 0 saturated heterocycles. The first-order valence-corrected chi connectivity index (χ1v) is 27.7. The monoisotopic (exact) mass is 896 g/mol. The van der Waals surface area contributed by atoms with E-state index in [1.165, 1.54) is 36.4 Å². The summed E-state index contributed by atoms with van der Waals surface area (Å²) >= 11 is 9.18. The van der Waals surface area contributed by atoms with Crippen LogP contribution in [0.1, 0.15) is 171 Å². The molecule has 55 heavy (non-hydrogen) atoms. The summed E-state index contributed by atoms with van der Waals surface area (Å²) < 4.78 is 58.4. The molecule has 6 nitrogen and oxygen atoms in total. The van der Waals surface area contributed by atoms with Crippen molar-refractivity contribution < 1.29 is 32.3 Å². The molecule has 0 spiro atoms. The Morgan fingerprint density at radius 2 is 0.982 bits per heavy atom. The Labute approximate surface area is 366 Å². The van der Waals surface area contributed by atoms with E-state index in [0.29, 0.717) is 51.6 Å². The summed E-state index contributed by atoms with van der Waals surface area (Å²) in [6, 6.07) is 0. The molecule has 0 aliphatic heterocycles. The average molecular weight is 898 g/mol. The molecular weight excluding hydrogens is 812 g/mol. The summed E-state index contributed by atoms with van der Waals surface area (Å²) in [4.78, 5) is 0. The van der Waals surface area contributed by atoms with Crippen molar-refractivity contribution >= 4 is 71.0 Å². The molecule has 13 heteroatoms. The third kappa shape index (κ3) is 17.6. The van der Waals surface area contributed by atoms with Crippen LogP contribution in [0.2, 0.25) is 0 Å². The van der Waals surface area contributed by atoms with Gasteiger partial charge >= 0.3 is 0 Å². The third-order valence-electron chi connectivity index (χ3n) is 9.28. The van der Waals surface area contributed by atoms with Crippen molar-refractivity contribution in [3.05, 3.63) is 0 Å². The van der Waals surface area contributed by atoms with Crippen LogP contribution < -0.4 is 0 Å². The molecular formula is C42H85FO6S6. The minimum absolute atomic E-state index is 0.282. The summed E-state index contributed by atoms with van der Waals surface area (Å²) in [5, 5.41) is 0. The van der Waals surface area contributed by atoms with Crippen LogP contribution in [0.15, 0.2) is 0 Å². The Balaban J connectivity index is 8.67. The van der Waals surface area contributed by atoms with Crippen LogP contribution in [0, 0.1) is 0 Å². The molecule has 332 valence electrons. The van der Waals surface area contributed by atoms with E-state index in [1.54, 1.807) is 7.11 Å². The first-order chi connectivity index (χ1) is 26.7. The van der Waals surface area contributed by atoms with Gasteiger partial charge in [-0.1, -0.05) is 113 Å². The number of ether oxygens (including phenoxy) is 6. The smallest absolute Gasteiger partial charge is 0.283 e. The second kappa shape index (κ2) is 34.4. The minimum Gasteiger partial charge on any atom is -0.348 e. The summed E-state index contributed by atoms with van der Waals surface area (Å²) in [7, 11) is 1.72. The molecule has 0 aromatic heterocycles. The molecule has 0 aliphatic rings. The van der Waals surface area contributed by atoms with Crippen molar-refractivity contribution in [1.82, 2.24) is 0 Å². The first-order valence-electron chi connectivity index (χ1n) is 21.8. The Morgan fingerprint density at radius 3 is 1.49 bits per heavy atom. The van der Waals surface area contributed by atoms with Crippen LogP contribution in [0.5, 0.6) is 0 Å². The van der Waals surface area contributed by atoms with E-state index >= 15 is 3.89 Å². The Bertz CT molecular complexity index is 882. The van der Waals surface area contributed by atoms with E-state index in [9.17, 15) is 0 Å². The van der Waals surface area contributed by atoms with Gasteiger partial charge in [0.25, 0.3) is 11.6 Å². The molecule has 0 aromatic rings. The predicted octanol–water partition coefficient (Wildman–Crippen LogP) is 14.8. The molecule has 0 bridgehead atoms. The van der Waals surface area contributed by atoms with Crippen molar-refractivity contribution in [2.45, 2.75) is 196 Å². The van der Waals surface area contributed by atoms with E-state index in [0.717, 1.165) is 101 Å². The molecule has 0 aliphatic carbocycles. The molecule has 0 radical (unpaired) electrons. The quantitative estimate of drug-likeness (QED) is 0.0433. The third-order valence-corrected chi connectivity index (χ3v) is 19.1. The summed E-state index contributed by atoms with van der Waals surface area (Å²) in [5.74, 6) is -1.55. The second-order valence-corrected chi connectivity index (χ2v) is 22.9. The van der Waals surface area contributed by atoms with Crippen molar-refractivity contribution in [1.29, 1.82) is 0 Å². The van der Waals surface area contributed by atoms with E-state index in [2.05, 4.69) is 55.4 Å². The van der Waals surface area contributed by atoms with Crippen molar-refractivity contribution in [2.75, 3.05) is 69.4 Å². The predicted molar refractivity (Wildman–Crippen MR) is 252 cm³/mol. The van der Waals surface area contributed by atoms with Gasteiger partial charge in [-0.15, -0.1) is 58.8 Å². The van der Waals surface area contributed by atoms with Gasteiger partial charge in [-0.3, -0.25) is 0 Å². The molecule has 0 N–H and O–H groups in total. The largest absolute Gasteiger partial charge is 0.348 e. The molecule has 5 unspecified atom stereocenters. The van der Waals surface area contributed by atoms with Gasteiger partial charge in [-0.2, -0.15) is 3.89 Å². The molecule has 0 fully saturated rings. The second-order valence-electron chi connectivity index (χ2n) is 13.9. The number of unbranched alkanes of at least 4 members (excludes halogenated alkanes) is 9. The van der Waals surface area contributed by atoms with Crippen LogP contribution in [0.4, 0.5) is 3.89 Å². The number of hydrogen-bond donors (Lipinski definition) is 0. The lowest BCUT2D eigenvalue weighted by Crippen LogP contribution is -2.79. The number of rotatable bonds is 42. The van der Waals surface area contributed by atoms with Gasteiger partial charge < -0.3 is 28.4 Å². The molecule has 5 atom stereocenters.